The van der Waals surface area contributed by atoms with Crippen LogP contribution in [0.3, 0.4) is 0 Å². The van der Waals surface area contributed by atoms with Crippen LogP contribution in [0, 0.1) is 11.3 Å². The minimum atomic E-state index is 0.409. The molecule has 0 atom stereocenters. The number of nitrogens with one attached hydrogen (secondary N) is 1. The second-order valence-electron chi connectivity index (χ2n) is 7.54. The van der Waals surface area contributed by atoms with E-state index in [4.69, 9.17) is 5.26 Å². The lowest BCUT2D eigenvalue weighted by molar-refractivity contribution is 0.522. The van der Waals surface area contributed by atoms with Gasteiger partial charge in [-0.3, -0.25) is 0 Å². The Morgan fingerprint density at radius 2 is 1.96 bits per heavy atom. The summed E-state index contributed by atoms with van der Waals surface area (Å²) in [6, 6.07) is 6.31. The van der Waals surface area contributed by atoms with Gasteiger partial charge in [0.25, 0.3) is 0 Å². The van der Waals surface area contributed by atoms with E-state index < -0.39 is 0 Å². The topological polar surface area (TPSA) is 77.7 Å². The predicted molar refractivity (Wildman–Crippen MR) is 112 cm³/mol. The normalized spacial score (nSPS) is 17.3. The number of aryl methyl sites for hydroxylation is 2. The van der Waals surface area contributed by atoms with E-state index in [1.807, 2.05) is 23.5 Å². The lowest BCUT2D eigenvalue weighted by Gasteiger charge is -2.33. The standard InChI is InChI=1S/C21H22N6S/c22-11-14-5-6-18(23-12-14)27-9-7-15(8-10-27)26-20-19-16-3-1-2-4-17(16)28-21(19)25-13-24-20/h5-6,12-13,15H,1-4,7-10H2,(H,24,25,26). The number of anilines is 2. The van der Waals surface area contributed by atoms with Crippen LogP contribution in [0.5, 0.6) is 0 Å². The molecule has 0 radical (unpaired) electrons. The number of hydrogen-bond donors (Lipinski definition) is 1. The molecule has 0 unspecified atom stereocenters. The molecule has 28 heavy (non-hydrogen) atoms. The minimum Gasteiger partial charge on any atom is -0.367 e. The van der Waals surface area contributed by atoms with Crippen molar-refractivity contribution in [2.75, 3.05) is 23.3 Å². The molecule has 1 saturated heterocycles. The van der Waals surface area contributed by atoms with Crippen molar-refractivity contribution in [3.05, 3.63) is 40.7 Å². The summed E-state index contributed by atoms with van der Waals surface area (Å²) in [7, 11) is 0. The molecule has 1 aliphatic heterocycles. The fourth-order valence-corrected chi connectivity index (χ4v) is 5.51. The first kappa shape index (κ1) is 17.4. The van der Waals surface area contributed by atoms with Crippen molar-refractivity contribution in [1.29, 1.82) is 5.26 Å². The van der Waals surface area contributed by atoms with E-state index in [0.29, 0.717) is 11.6 Å². The highest BCUT2D eigenvalue weighted by atomic mass is 32.1. The predicted octanol–water partition coefficient (Wildman–Crippen LogP) is 3.92. The molecule has 0 spiro atoms. The highest BCUT2D eigenvalue weighted by molar-refractivity contribution is 7.19. The SMILES string of the molecule is N#Cc1ccc(N2CCC(Nc3ncnc4sc5c(c34)CCCC5)CC2)nc1. The Balaban J connectivity index is 1.30. The number of nitriles is 1. The average molecular weight is 391 g/mol. The van der Waals surface area contributed by atoms with Gasteiger partial charge in [-0.2, -0.15) is 5.26 Å². The quantitative estimate of drug-likeness (QED) is 0.730. The number of hydrogen-bond acceptors (Lipinski definition) is 7. The highest BCUT2D eigenvalue weighted by Crippen LogP contribution is 2.38. The molecule has 2 aliphatic rings. The van der Waals surface area contributed by atoms with E-state index >= 15 is 0 Å². The third kappa shape index (κ3) is 3.18. The van der Waals surface area contributed by atoms with Crippen LogP contribution in [0.15, 0.2) is 24.7 Å². The van der Waals surface area contributed by atoms with Gasteiger partial charge in [-0.1, -0.05) is 0 Å². The van der Waals surface area contributed by atoms with Crippen LogP contribution in [0.2, 0.25) is 0 Å². The number of rotatable bonds is 3. The number of aromatic nitrogens is 3. The summed E-state index contributed by atoms with van der Waals surface area (Å²) < 4.78 is 0. The van der Waals surface area contributed by atoms with Crippen LogP contribution in [-0.2, 0) is 12.8 Å². The number of piperidine rings is 1. The maximum absolute atomic E-state index is 8.93. The fourth-order valence-electron chi connectivity index (χ4n) is 4.29. The van der Waals surface area contributed by atoms with Gasteiger partial charge in [-0.05, 0) is 56.2 Å². The molecular weight excluding hydrogens is 368 g/mol. The van der Waals surface area contributed by atoms with Gasteiger partial charge in [-0.15, -0.1) is 11.3 Å². The molecule has 0 amide bonds. The molecule has 6 nitrogen and oxygen atoms in total. The Morgan fingerprint density at radius 3 is 2.75 bits per heavy atom. The van der Waals surface area contributed by atoms with Crippen molar-refractivity contribution in [3.8, 4) is 6.07 Å². The molecule has 5 rings (SSSR count). The number of fused-ring (bicyclic) bond motifs is 3. The van der Waals surface area contributed by atoms with Crippen molar-refractivity contribution in [1.82, 2.24) is 15.0 Å². The zero-order chi connectivity index (χ0) is 18.9. The van der Waals surface area contributed by atoms with Crippen molar-refractivity contribution >= 4 is 33.2 Å². The molecule has 0 bridgehead atoms. The Kier molecular flexibility index (Phi) is 4.57. The Bertz CT molecular complexity index is 1030. The summed E-state index contributed by atoms with van der Waals surface area (Å²) >= 11 is 1.85. The van der Waals surface area contributed by atoms with Gasteiger partial charge in [0.15, 0.2) is 0 Å². The first-order valence-corrected chi connectivity index (χ1v) is 10.8. The van der Waals surface area contributed by atoms with Crippen LogP contribution in [0.4, 0.5) is 11.6 Å². The largest absolute Gasteiger partial charge is 0.367 e. The summed E-state index contributed by atoms with van der Waals surface area (Å²) in [6.07, 6.45) is 10.3. The molecule has 142 valence electrons. The van der Waals surface area contributed by atoms with Crippen molar-refractivity contribution in [3.63, 3.8) is 0 Å². The number of thiophene rings is 1. The van der Waals surface area contributed by atoms with E-state index in [2.05, 4.69) is 31.2 Å². The van der Waals surface area contributed by atoms with Crippen LogP contribution in [0.25, 0.3) is 10.2 Å². The van der Waals surface area contributed by atoms with Crippen LogP contribution >= 0.6 is 11.3 Å². The van der Waals surface area contributed by atoms with Gasteiger partial charge in [0.1, 0.15) is 28.9 Å². The second-order valence-corrected chi connectivity index (χ2v) is 8.62. The Morgan fingerprint density at radius 1 is 1.11 bits per heavy atom. The van der Waals surface area contributed by atoms with Crippen molar-refractivity contribution in [2.24, 2.45) is 0 Å². The summed E-state index contributed by atoms with van der Waals surface area (Å²) in [5.74, 6) is 1.97. The third-order valence-corrected chi connectivity index (χ3v) is 6.99. The van der Waals surface area contributed by atoms with Gasteiger partial charge in [0.05, 0.1) is 10.9 Å². The molecule has 7 heteroatoms. The van der Waals surface area contributed by atoms with E-state index in [9.17, 15) is 0 Å². The van der Waals surface area contributed by atoms with Gasteiger partial charge < -0.3 is 10.2 Å². The maximum Gasteiger partial charge on any atom is 0.138 e. The lowest BCUT2D eigenvalue weighted by atomic mass is 9.96. The molecule has 1 fully saturated rings. The molecule has 4 heterocycles. The van der Waals surface area contributed by atoms with Gasteiger partial charge in [-0.25, -0.2) is 15.0 Å². The zero-order valence-electron chi connectivity index (χ0n) is 15.7. The molecule has 0 aromatic carbocycles. The first-order chi connectivity index (χ1) is 13.8. The Hall–Kier alpha value is -2.72. The maximum atomic E-state index is 8.93. The summed E-state index contributed by atoms with van der Waals surface area (Å²) in [5, 5.41) is 13.9. The van der Waals surface area contributed by atoms with Gasteiger partial charge in [0.2, 0.25) is 0 Å². The third-order valence-electron chi connectivity index (χ3n) is 5.79. The molecular formula is C21H22N6S. The first-order valence-electron chi connectivity index (χ1n) is 9.94. The molecule has 3 aromatic rings. The molecule has 1 aliphatic carbocycles. The molecule has 1 N–H and O–H groups in total. The highest BCUT2D eigenvalue weighted by Gasteiger charge is 2.24. The number of pyridine rings is 1. The second kappa shape index (κ2) is 7.36. The van der Waals surface area contributed by atoms with E-state index in [1.165, 1.54) is 35.1 Å². The average Bonchev–Trinajstić information content (AvgIpc) is 3.14. The van der Waals surface area contributed by atoms with Crippen molar-refractivity contribution in [2.45, 2.75) is 44.6 Å². The van der Waals surface area contributed by atoms with Crippen LogP contribution in [-0.4, -0.2) is 34.1 Å². The lowest BCUT2D eigenvalue weighted by Crippen LogP contribution is -2.39. The van der Waals surface area contributed by atoms with Crippen molar-refractivity contribution < 1.29 is 0 Å². The van der Waals surface area contributed by atoms with E-state index in [-0.39, 0.29) is 0 Å². The van der Waals surface area contributed by atoms with Crippen LogP contribution < -0.4 is 10.2 Å². The van der Waals surface area contributed by atoms with Gasteiger partial charge in [0, 0.05) is 30.2 Å². The fraction of sp³-hybridized carbons (Fsp3) is 0.429. The molecule has 0 saturated carbocycles. The summed E-state index contributed by atoms with van der Waals surface area (Å²) in [4.78, 5) is 18.5. The smallest absolute Gasteiger partial charge is 0.138 e. The molecule has 3 aromatic heterocycles. The van der Waals surface area contributed by atoms with E-state index in [0.717, 1.165) is 48.8 Å². The minimum absolute atomic E-state index is 0.409. The van der Waals surface area contributed by atoms with Crippen LogP contribution in [0.1, 0.15) is 41.7 Å². The monoisotopic (exact) mass is 390 g/mol. The zero-order valence-corrected chi connectivity index (χ0v) is 16.5. The Labute approximate surface area is 168 Å². The summed E-state index contributed by atoms with van der Waals surface area (Å²) in [6.45, 7) is 1.90. The summed E-state index contributed by atoms with van der Waals surface area (Å²) in [5.41, 5.74) is 2.08. The van der Waals surface area contributed by atoms with Gasteiger partial charge >= 0.3 is 0 Å². The number of nitrogens with zero attached hydrogens (tertiary/aromatic N) is 5. The van der Waals surface area contributed by atoms with E-state index in [1.54, 1.807) is 12.5 Å².